The summed E-state index contributed by atoms with van der Waals surface area (Å²) in [5, 5.41) is 2.72. The van der Waals surface area contributed by atoms with Crippen molar-refractivity contribution < 1.29 is 18.8 Å². The van der Waals surface area contributed by atoms with Gasteiger partial charge in [-0.05, 0) is 48.0 Å². The summed E-state index contributed by atoms with van der Waals surface area (Å²) in [7, 11) is 0. The van der Waals surface area contributed by atoms with E-state index in [-0.39, 0.29) is 16.6 Å². The molecule has 0 bridgehead atoms. The first-order valence-corrected chi connectivity index (χ1v) is 14.5. The molecule has 1 saturated heterocycles. The third-order valence-electron chi connectivity index (χ3n) is 6.81. The van der Waals surface area contributed by atoms with Crippen molar-refractivity contribution in [2.24, 2.45) is 5.92 Å². The molecule has 0 spiro atoms. The fraction of sp³-hybridized carbons (Fsp3) is 0.143. The van der Waals surface area contributed by atoms with Crippen LogP contribution < -0.4 is 15.1 Å². The predicted octanol–water partition coefficient (Wildman–Crippen LogP) is 5.79. The number of para-hydroxylation sites is 1. The molecule has 3 heterocycles. The van der Waals surface area contributed by atoms with Gasteiger partial charge in [0.25, 0.3) is 0 Å². The second-order valence-corrected chi connectivity index (χ2v) is 12.1. The standard InChI is InChI=1S/C28H18Cl2FN3O4S2/c29-18-8-4-7-17(22(18)30)20-21-23(26(37)34(25(21)36)16-5-2-1-3-6-16)39-27-24(20)40-28(38)33(27)13-19(35)32-15-11-9-14(31)10-12-15/h1-12,20-21,23H,13H2,(H,32,35)/t20-,21-,23+/m0/s1. The van der Waals surface area contributed by atoms with Crippen LogP contribution in [0.25, 0.3) is 0 Å². The molecule has 0 aliphatic carbocycles. The molecule has 2 aliphatic heterocycles. The first kappa shape index (κ1) is 26.8. The molecule has 7 nitrogen and oxygen atoms in total. The zero-order chi connectivity index (χ0) is 28.1. The molecule has 12 heteroatoms. The van der Waals surface area contributed by atoms with Gasteiger partial charge in [-0.15, -0.1) is 0 Å². The van der Waals surface area contributed by atoms with E-state index in [1.54, 1.807) is 48.5 Å². The van der Waals surface area contributed by atoms with Crippen LogP contribution in [0.4, 0.5) is 15.8 Å². The molecule has 0 unspecified atom stereocenters. The van der Waals surface area contributed by atoms with Gasteiger partial charge in [0.15, 0.2) is 0 Å². The zero-order valence-corrected chi connectivity index (χ0v) is 23.5. The lowest BCUT2D eigenvalue weighted by Crippen LogP contribution is -2.33. The van der Waals surface area contributed by atoms with Gasteiger partial charge in [-0.3, -0.25) is 23.7 Å². The number of amides is 3. The molecule has 6 rings (SSSR count). The Balaban J connectivity index is 1.44. The molecule has 2 aliphatic rings. The van der Waals surface area contributed by atoms with Crippen LogP contribution in [0.2, 0.25) is 10.0 Å². The largest absolute Gasteiger partial charge is 0.325 e. The van der Waals surface area contributed by atoms with Crippen molar-refractivity contribution in [2.45, 2.75) is 22.7 Å². The van der Waals surface area contributed by atoms with Crippen LogP contribution in [0.15, 0.2) is 82.6 Å². The number of aromatic nitrogens is 1. The maximum absolute atomic E-state index is 13.9. The molecular weight excluding hydrogens is 596 g/mol. The highest BCUT2D eigenvalue weighted by atomic mass is 35.5. The molecular formula is C28H18Cl2FN3O4S2. The van der Waals surface area contributed by atoms with Gasteiger partial charge in [0.1, 0.15) is 17.6 Å². The third-order valence-corrected chi connectivity index (χ3v) is 10.2. The van der Waals surface area contributed by atoms with Gasteiger partial charge in [-0.25, -0.2) is 9.29 Å². The number of imide groups is 1. The zero-order valence-electron chi connectivity index (χ0n) is 20.3. The smallest absolute Gasteiger partial charge is 0.308 e. The molecule has 3 aromatic carbocycles. The van der Waals surface area contributed by atoms with Crippen molar-refractivity contribution in [3.63, 3.8) is 0 Å². The highest BCUT2D eigenvalue weighted by molar-refractivity contribution is 8.00. The molecule has 0 radical (unpaired) electrons. The number of thioether (sulfide) groups is 1. The minimum absolute atomic E-state index is 0.227. The molecule has 202 valence electrons. The fourth-order valence-corrected chi connectivity index (χ4v) is 8.25. The van der Waals surface area contributed by atoms with E-state index in [1.807, 2.05) is 0 Å². The average Bonchev–Trinajstić information content (AvgIpc) is 3.38. The van der Waals surface area contributed by atoms with E-state index in [4.69, 9.17) is 23.2 Å². The number of carbonyl (C=O) groups excluding carboxylic acids is 3. The predicted molar refractivity (Wildman–Crippen MR) is 154 cm³/mol. The van der Waals surface area contributed by atoms with E-state index in [0.717, 1.165) is 23.1 Å². The highest BCUT2D eigenvalue weighted by Crippen LogP contribution is 2.55. The van der Waals surface area contributed by atoms with Gasteiger partial charge < -0.3 is 5.32 Å². The van der Waals surface area contributed by atoms with Crippen molar-refractivity contribution in [3.05, 3.63) is 109 Å². The second kappa shape index (κ2) is 10.5. The van der Waals surface area contributed by atoms with Gasteiger partial charge in [0.05, 0.1) is 26.7 Å². The maximum atomic E-state index is 13.9. The van der Waals surface area contributed by atoms with Gasteiger partial charge in [-0.1, -0.05) is 76.6 Å². The monoisotopic (exact) mass is 613 g/mol. The molecule has 40 heavy (non-hydrogen) atoms. The summed E-state index contributed by atoms with van der Waals surface area (Å²) in [6.45, 7) is -0.340. The first-order valence-electron chi connectivity index (χ1n) is 12.1. The van der Waals surface area contributed by atoms with E-state index in [2.05, 4.69) is 5.32 Å². The van der Waals surface area contributed by atoms with Crippen molar-refractivity contribution in [1.29, 1.82) is 0 Å². The van der Waals surface area contributed by atoms with Crippen molar-refractivity contribution >= 4 is 75.4 Å². The number of nitrogens with one attached hydrogen (secondary N) is 1. The Morgan fingerprint density at radius 1 is 0.925 bits per heavy atom. The summed E-state index contributed by atoms with van der Waals surface area (Å²) in [5.41, 5.74) is 1.34. The minimum Gasteiger partial charge on any atom is -0.325 e. The second-order valence-electron chi connectivity index (χ2n) is 9.21. The summed E-state index contributed by atoms with van der Waals surface area (Å²) in [6, 6.07) is 18.9. The molecule has 1 N–H and O–H groups in total. The van der Waals surface area contributed by atoms with Gasteiger partial charge in [-0.2, -0.15) is 0 Å². The van der Waals surface area contributed by atoms with Gasteiger partial charge in [0, 0.05) is 16.5 Å². The fourth-order valence-electron chi connectivity index (χ4n) is 5.06. The van der Waals surface area contributed by atoms with E-state index in [9.17, 15) is 23.6 Å². The van der Waals surface area contributed by atoms with Crippen LogP contribution in [-0.4, -0.2) is 27.5 Å². The number of hydrogen-bond donors (Lipinski definition) is 1. The summed E-state index contributed by atoms with van der Waals surface area (Å²) >= 11 is 15.0. The molecule has 4 aromatic rings. The minimum atomic E-state index is -0.860. The molecule has 0 saturated carbocycles. The first-order chi connectivity index (χ1) is 19.2. The number of benzene rings is 3. The van der Waals surface area contributed by atoms with E-state index < -0.39 is 45.5 Å². The topological polar surface area (TPSA) is 88.5 Å². The molecule has 3 atom stereocenters. The number of halogens is 3. The normalized spacial score (nSPS) is 19.9. The number of carbonyl (C=O) groups is 3. The van der Waals surface area contributed by atoms with Crippen LogP contribution in [0, 0.1) is 11.7 Å². The van der Waals surface area contributed by atoms with E-state index >= 15 is 0 Å². The lowest BCUT2D eigenvalue weighted by atomic mass is 9.83. The van der Waals surface area contributed by atoms with E-state index in [1.165, 1.54) is 33.7 Å². The molecule has 1 aromatic heterocycles. The number of thiazole rings is 1. The highest BCUT2D eigenvalue weighted by Gasteiger charge is 2.57. The quantitative estimate of drug-likeness (QED) is 0.288. The Labute approximate surface area is 245 Å². The Bertz CT molecular complexity index is 1730. The van der Waals surface area contributed by atoms with Gasteiger partial charge in [0.2, 0.25) is 17.7 Å². The molecule has 1 fully saturated rings. The lowest BCUT2D eigenvalue weighted by molar-refractivity contribution is -0.122. The van der Waals surface area contributed by atoms with Crippen molar-refractivity contribution in [1.82, 2.24) is 4.57 Å². The Morgan fingerprint density at radius 3 is 2.38 bits per heavy atom. The number of fused-ring (bicyclic) bond motifs is 2. The number of nitrogens with zero attached hydrogens (tertiary/aromatic N) is 2. The Hall–Kier alpha value is -3.44. The summed E-state index contributed by atoms with van der Waals surface area (Å²) in [5.74, 6) is -3.35. The third kappa shape index (κ3) is 4.54. The maximum Gasteiger partial charge on any atom is 0.308 e. The summed E-state index contributed by atoms with van der Waals surface area (Å²) in [4.78, 5) is 55.0. The SMILES string of the molecule is O=C(Cn1c2c(sc1=O)[C@@H](c1cccc(Cl)c1Cl)[C@@H]1C(=O)N(c3ccccc3)C(=O)[C@@H]1S2)Nc1ccc(F)cc1. The summed E-state index contributed by atoms with van der Waals surface area (Å²) < 4.78 is 14.6. The Kier molecular flexibility index (Phi) is 7.03. The number of rotatable bonds is 5. The van der Waals surface area contributed by atoms with Crippen LogP contribution in [0.1, 0.15) is 16.4 Å². The van der Waals surface area contributed by atoms with Crippen LogP contribution in [-0.2, 0) is 20.9 Å². The number of anilines is 2. The van der Waals surface area contributed by atoms with Crippen LogP contribution in [0.3, 0.4) is 0 Å². The van der Waals surface area contributed by atoms with Gasteiger partial charge >= 0.3 is 4.87 Å². The Morgan fingerprint density at radius 2 is 1.65 bits per heavy atom. The van der Waals surface area contributed by atoms with Crippen LogP contribution in [0.5, 0.6) is 0 Å². The lowest BCUT2D eigenvalue weighted by Gasteiger charge is -2.31. The van der Waals surface area contributed by atoms with E-state index in [0.29, 0.717) is 26.8 Å². The molecule has 3 amide bonds. The van der Waals surface area contributed by atoms with Crippen molar-refractivity contribution in [3.8, 4) is 0 Å². The summed E-state index contributed by atoms with van der Waals surface area (Å²) in [6.07, 6.45) is 0. The van der Waals surface area contributed by atoms with Crippen molar-refractivity contribution in [2.75, 3.05) is 10.2 Å². The average molecular weight is 615 g/mol. The van der Waals surface area contributed by atoms with Crippen LogP contribution >= 0.6 is 46.3 Å². The number of hydrogen-bond acceptors (Lipinski definition) is 6.